The van der Waals surface area contributed by atoms with Crippen LogP contribution in [-0.2, 0) is 22.0 Å². The molecule has 192 valence electrons. The average molecular weight is 508 g/mol. The largest absolute Gasteiger partial charge is 0.363 e. The highest BCUT2D eigenvalue weighted by molar-refractivity contribution is 7.86. The lowest BCUT2D eigenvalue weighted by Crippen LogP contribution is -2.46. The molecule has 36 heavy (non-hydrogen) atoms. The van der Waals surface area contributed by atoms with Crippen LogP contribution in [0.5, 0.6) is 0 Å². The minimum Gasteiger partial charge on any atom is -0.363 e. The van der Waals surface area contributed by atoms with Gasteiger partial charge in [0.2, 0.25) is 5.36 Å². The number of hydrogen-bond acceptors (Lipinski definition) is 3. The standard InChI is InChI=1S/C30H38N2O3S/c1-7-11-30(6)25-16-27-20(10-12-31(27)8-2)13-21(25)14-22-15-24-23(19-36(33,34)35)18-29(4,5)32(9-3)28(24)17-26(22)30/h13-18H,7-12,19H2,1-6H3/p+1. The van der Waals surface area contributed by atoms with Crippen molar-refractivity contribution >= 4 is 27.5 Å². The Balaban J connectivity index is 1.82. The van der Waals surface area contributed by atoms with Crippen molar-refractivity contribution in [3.05, 3.63) is 68.7 Å². The number of nitrogens with zero attached hydrogens (tertiary/aromatic N) is 2. The van der Waals surface area contributed by atoms with Crippen LogP contribution in [0, 0.1) is 0 Å². The molecule has 1 aliphatic carbocycles. The molecule has 1 N–H and O–H groups in total. The van der Waals surface area contributed by atoms with E-state index in [1.165, 1.54) is 27.3 Å². The van der Waals surface area contributed by atoms with Crippen LogP contribution in [0.1, 0.15) is 82.2 Å². The number of likely N-dealkylation sites (N-methyl/N-ethyl adjacent to an activating group) is 2. The van der Waals surface area contributed by atoms with Crippen molar-refractivity contribution in [1.82, 2.24) is 4.58 Å². The number of rotatable bonds is 6. The molecule has 0 fully saturated rings. The van der Waals surface area contributed by atoms with Crippen LogP contribution in [0.2, 0.25) is 0 Å². The molecule has 2 aliphatic heterocycles. The Morgan fingerprint density at radius 1 is 1.06 bits per heavy atom. The molecule has 5 nitrogen and oxygen atoms in total. The zero-order chi connectivity index (χ0) is 26.0. The Morgan fingerprint density at radius 3 is 2.44 bits per heavy atom. The second kappa shape index (κ2) is 8.56. The molecule has 5 rings (SSSR count). The summed E-state index contributed by atoms with van der Waals surface area (Å²) in [4.78, 5) is 2.35. The molecule has 0 spiro atoms. The fraction of sp³-hybridized carbons (Fsp3) is 0.500. The van der Waals surface area contributed by atoms with Gasteiger partial charge in [-0.25, -0.2) is 4.58 Å². The average Bonchev–Trinajstić information content (AvgIpc) is 3.18. The van der Waals surface area contributed by atoms with Crippen molar-refractivity contribution in [3.8, 4) is 0 Å². The summed E-state index contributed by atoms with van der Waals surface area (Å²) in [7, 11) is -4.16. The molecule has 2 aromatic carbocycles. The third kappa shape index (κ3) is 3.93. The minimum absolute atomic E-state index is 0.145. The first-order valence-corrected chi connectivity index (χ1v) is 14.9. The Kier molecular flexibility index (Phi) is 6.00. The third-order valence-corrected chi connectivity index (χ3v) is 9.23. The normalized spacial score (nSPS) is 21.8. The molecular weight excluding hydrogens is 468 g/mol. The van der Waals surface area contributed by atoms with Crippen molar-refractivity contribution in [2.24, 2.45) is 0 Å². The van der Waals surface area contributed by atoms with Crippen LogP contribution in [0.4, 0.5) is 5.69 Å². The van der Waals surface area contributed by atoms with Crippen molar-refractivity contribution in [3.63, 3.8) is 0 Å². The topological polar surface area (TPSA) is 60.6 Å². The van der Waals surface area contributed by atoms with Gasteiger partial charge in [-0.1, -0.05) is 26.3 Å². The van der Waals surface area contributed by atoms with E-state index in [2.05, 4.69) is 81.4 Å². The minimum atomic E-state index is -4.16. The number of fused-ring (bicyclic) bond motifs is 4. The zero-order valence-corrected chi connectivity index (χ0v) is 23.3. The molecule has 0 aromatic heterocycles. The van der Waals surface area contributed by atoms with Crippen LogP contribution < -0.4 is 20.1 Å². The quantitative estimate of drug-likeness (QED) is 0.476. The SMILES string of the molecule is CCCC1(C)c2cc3c(cc2C=c2cc4c(cc21)=[N+](CC)CC4)C(CS(=O)(=O)O)=CC(C)(C)N3CC. The van der Waals surface area contributed by atoms with Gasteiger partial charge in [0.15, 0.2) is 0 Å². The first-order valence-electron chi connectivity index (χ1n) is 13.3. The van der Waals surface area contributed by atoms with Gasteiger partial charge < -0.3 is 4.90 Å². The van der Waals surface area contributed by atoms with Gasteiger partial charge in [-0.3, -0.25) is 4.55 Å². The second-order valence-electron chi connectivity index (χ2n) is 11.4. The molecule has 1 unspecified atom stereocenters. The third-order valence-electron chi connectivity index (χ3n) is 8.56. The number of anilines is 1. The molecule has 0 bridgehead atoms. The lowest BCUT2D eigenvalue weighted by molar-refractivity contribution is 0.487. The molecule has 0 amide bonds. The van der Waals surface area contributed by atoms with E-state index >= 15 is 0 Å². The molecule has 1 atom stereocenters. The first-order chi connectivity index (χ1) is 16.9. The molecule has 3 aliphatic rings. The van der Waals surface area contributed by atoms with Gasteiger partial charge in [0.25, 0.3) is 10.1 Å². The van der Waals surface area contributed by atoms with E-state index in [4.69, 9.17) is 0 Å². The highest BCUT2D eigenvalue weighted by Gasteiger charge is 2.39. The zero-order valence-electron chi connectivity index (χ0n) is 22.5. The molecule has 2 heterocycles. The van der Waals surface area contributed by atoms with Crippen molar-refractivity contribution in [2.45, 2.75) is 71.8 Å². The predicted octanol–water partition coefficient (Wildman–Crippen LogP) is 3.89. The van der Waals surface area contributed by atoms with E-state index in [0.717, 1.165) is 55.7 Å². The van der Waals surface area contributed by atoms with Crippen LogP contribution in [0.3, 0.4) is 0 Å². The van der Waals surface area contributed by atoms with Crippen LogP contribution in [0.25, 0.3) is 11.6 Å². The lowest BCUT2D eigenvalue weighted by Gasteiger charge is -2.45. The maximum absolute atomic E-state index is 12.0. The van der Waals surface area contributed by atoms with Crippen LogP contribution in [0.15, 0.2) is 30.3 Å². The molecule has 0 saturated heterocycles. The predicted molar refractivity (Wildman–Crippen MR) is 149 cm³/mol. The van der Waals surface area contributed by atoms with E-state index < -0.39 is 10.1 Å². The van der Waals surface area contributed by atoms with Crippen LogP contribution >= 0.6 is 0 Å². The smallest absolute Gasteiger partial charge is 0.269 e. The van der Waals surface area contributed by atoms with E-state index in [-0.39, 0.29) is 16.7 Å². The van der Waals surface area contributed by atoms with Gasteiger partial charge in [0.05, 0.1) is 5.54 Å². The summed E-state index contributed by atoms with van der Waals surface area (Å²) in [6.45, 7) is 16.1. The molecule has 2 aromatic rings. The second-order valence-corrected chi connectivity index (χ2v) is 12.8. The Labute approximate surface area is 215 Å². The fourth-order valence-electron chi connectivity index (χ4n) is 7.00. The number of benzene rings is 2. The summed E-state index contributed by atoms with van der Waals surface area (Å²) < 4.78 is 36.2. The highest BCUT2D eigenvalue weighted by Crippen LogP contribution is 2.46. The summed E-state index contributed by atoms with van der Waals surface area (Å²) in [5, 5.41) is 2.65. The Morgan fingerprint density at radius 2 is 1.81 bits per heavy atom. The summed E-state index contributed by atoms with van der Waals surface area (Å²) >= 11 is 0. The van der Waals surface area contributed by atoms with E-state index in [1.54, 1.807) is 0 Å². The van der Waals surface area contributed by atoms with E-state index in [1.807, 2.05) is 6.08 Å². The van der Waals surface area contributed by atoms with Crippen molar-refractivity contribution < 1.29 is 13.0 Å². The summed E-state index contributed by atoms with van der Waals surface area (Å²) in [6.07, 6.45) is 7.48. The summed E-state index contributed by atoms with van der Waals surface area (Å²) in [5.74, 6) is -0.372. The Hall–Kier alpha value is -2.44. The monoisotopic (exact) mass is 507 g/mol. The lowest BCUT2D eigenvalue weighted by atomic mass is 9.67. The maximum atomic E-state index is 12.0. The van der Waals surface area contributed by atoms with Crippen LogP contribution in [-0.4, -0.2) is 43.9 Å². The molecular formula is C30H39N2O3S+. The summed E-state index contributed by atoms with van der Waals surface area (Å²) in [6, 6.07) is 9.31. The van der Waals surface area contributed by atoms with Gasteiger partial charge in [0.1, 0.15) is 18.8 Å². The maximum Gasteiger partial charge on any atom is 0.269 e. The van der Waals surface area contributed by atoms with Crippen molar-refractivity contribution in [1.29, 1.82) is 0 Å². The Bertz CT molecular complexity index is 1520. The van der Waals surface area contributed by atoms with Crippen molar-refractivity contribution in [2.75, 3.05) is 30.3 Å². The first kappa shape index (κ1) is 25.2. The number of hydrogen-bond donors (Lipinski definition) is 1. The van der Waals surface area contributed by atoms with Gasteiger partial charge >= 0.3 is 0 Å². The van der Waals surface area contributed by atoms with E-state index in [9.17, 15) is 13.0 Å². The molecule has 0 radical (unpaired) electrons. The van der Waals surface area contributed by atoms with Gasteiger partial charge in [0, 0.05) is 41.3 Å². The van der Waals surface area contributed by atoms with Gasteiger partial charge in [-0.05, 0) is 85.9 Å². The highest BCUT2D eigenvalue weighted by atomic mass is 32.2. The van der Waals surface area contributed by atoms with Gasteiger partial charge in [-0.15, -0.1) is 0 Å². The van der Waals surface area contributed by atoms with E-state index in [0.29, 0.717) is 5.57 Å². The molecule has 0 saturated carbocycles. The molecule has 6 heteroatoms. The fourth-order valence-corrected chi connectivity index (χ4v) is 7.63. The van der Waals surface area contributed by atoms with Gasteiger partial charge in [-0.2, -0.15) is 8.42 Å². The summed E-state index contributed by atoms with van der Waals surface area (Å²) in [5.41, 5.74) is 7.39.